The molecule has 0 saturated carbocycles. The summed E-state index contributed by atoms with van der Waals surface area (Å²) in [5.41, 5.74) is 5.49. The number of nitrogens with one attached hydrogen (secondary N) is 1. The van der Waals surface area contributed by atoms with E-state index in [9.17, 15) is 4.79 Å². The monoisotopic (exact) mass is 185 g/mol. The van der Waals surface area contributed by atoms with Crippen molar-refractivity contribution >= 4 is 5.91 Å². The molecule has 1 fully saturated rings. The number of amides is 1. The highest BCUT2D eigenvalue weighted by atomic mass is 16.1. The fraction of sp³-hybridized carbons (Fsp3) is 0.889. The van der Waals surface area contributed by atoms with Crippen LogP contribution in [-0.4, -0.2) is 43.0 Å². The van der Waals surface area contributed by atoms with Crippen LogP contribution in [-0.2, 0) is 4.79 Å². The van der Waals surface area contributed by atoms with E-state index in [1.807, 2.05) is 0 Å². The zero-order valence-corrected chi connectivity index (χ0v) is 8.25. The molecule has 0 aromatic carbocycles. The van der Waals surface area contributed by atoms with Gasteiger partial charge in [-0.25, -0.2) is 0 Å². The Balaban J connectivity index is 2.36. The van der Waals surface area contributed by atoms with Crippen molar-refractivity contribution in [2.75, 3.05) is 26.2 Å². The van der Waals surface area contributed by atoms with E-state index in [1.165, 1.54) is 0 Å². The number of carbonyl (C=O) groups excluding carboxylic acids is 1. The third-order valence-electron chi connectivity index (χ3n) is 2.56. The molecule has 1 atom stereocenters. The normalized spacial score (nSPS) is 22.2. The predicted octanol–water partition coefficient (Wildman–Crippen LogP) is -0.454. The summed E-state index contributed by atoms with van der Waals surface area (Å²) in [5, 5.41) is 2.86. The topological polar surface area (TPSA) is 58.4 Å². The van der Waals surface area contributed by atoms with E-state index in [1.54, 1.807) is 0 Å². The molecular weight excluding hydrogens is 166 g/mol. The van der Waals surface area contributed by atoms with Crippen molar-refractivity contribution in [1.29, 1.82) is 0 Å². The number of rotatable bonds is 3. The molecule has 1 aliphatic rings. The van der Waals surface area contributed by atoms with Crippen molar-refractivity contribution in [1.82, 2.24) is 10.2 Å². The first kappa shape index (κ1) is 10.5. The maximum atomic E-state index is 11.0. The van der Waals surface area contributed by atoms with Crippen molar-refractivity contribution < 1.29 is 4.79 Å². The van der Waals surface area contributed by atoms with Crippen LogP contribution < -0.4 is 11.1 Å². The molecule has 1 aliphatic heterocycles. The summed E-state index contributed by atoms with van der Waals surface area (Å²) < 4.78 is 0. The van der Waals surface area contributed by atoms with Crippen molar-refractivity contribution in [3.63, 3.8) is 0 Å². The van der Waals surface area contributed by atoms with Gasteiger partial charge in [0, 0.05) is 32.1 Å². The number of nitrogens with zero attached hydrogens (tertiary/aromatic N) is 1. The lowest BCUT2D eigenvalue weighted by Gasteiger charge is -2.26. The third-order valence-corrected chi connectivity index (χ3v) is 2.56. The van der Waals surface area contributed by atoms with Crippen molar-refractivity contribution in [2.45, 2.75) is 25.8 Å². The smallest absolute Gasteiger partial charge is 0.221 e. The summed E-state index contributed by atoms with van der Waals surface area (Å²) in [6.07, 6.45) is 1.63. The van der Waals surface area contributed by atoms with Gasteiger partial charge in [0.05, 0.1) is 0 Å². The van der Waals surface area contributed by atoms with Crippen LogP contribution in [0.15, 0.2) is 0 Å². The fourth-order valence-corrected chi connectivity index (χ4v) is 1.65. The van der Waals surface area contributed by atoms with E-state index in [0.29, 0.717) is 12.5 Å². The number of nitrogens with two attached hydrogens (primary N) is 1. The molecule has 0 aromatic heterocycles. The summed E-state index contributed by atoms with van der Waals surface area (Å²) >= 11 is 0. The summed E-state index contributed by atoms with van der Waals surface area (Å²) in [4.78, 5) is 13.4. The van der Waals surface area contributed by atoms with Gasteiger partial charge in [-0.1, -0.05) is 0 Å². The van der Waals surface area contributed by atoms with Gasteiger partial charge in [0.15, 0.2) is 0 Å². The first-order chi connectivity index (χ1) is 6.24. The van der Waals surface area contributed by atoms with Crippen LogP contribution in [0.3, 0.4) is 0 Å². The van der Waals surface area contributed by atoms with E-state index in [4.69, 9.17) is 5.73 Å². The molecule has 13 heavy (non-hydrogen) atoms. The van der Waals surface area contributed by atoms with E-state index in [-0.39, 0.29) is 5.91 Å². The zero-order chi connectivity index (χ0) is 9.68. The van der Waals surface area contributed by atoms with Gasteiger partial charge in [-0.05, 0) is 19.9 Å². The molecule has 0 aliphatic carbocycles. The van der Waals surface area contributed by atoms with Gasteiger partial charge in [-0.3, -0.25) is 9.69 Å². The van der Waals surface area contributed by atoms with Gasteiger partial charge in [0.2, 0.25) is 5.91 Å². The first-order valence-electron chi connectivity index (χ1n) is 4.95. The Bertz CT molecular complexity index is 172. The average molecular weight is 185 g/mol. The number of carbonyl (C=O) groups is 1. The van der Waals surface area contributed by atoms with Gasteiger partial charge in [0.25, 0.3) is 0 Å². The van der Waals surface area contributed by atoms with Crippen LogP contribution in [0.1, 0.15) is 19.8 Å². The lowest BCUT2D eigenvalue weighted by atomic mass is 10.2. The van der Waals surface area contributed by atoms with Crippen molar-refractivity contribution in [3.8, 4) is 0 Å². The lowest BCUT2D eigenvalue weighted by molar-refractivity contribution is -0.120. The SMILES string of the molecule is CC(CCN)N1CCNC(=O)CC1. The highest BCUT2D eigenvalue weighted by Crippen LogP contribution is 2.05. The minimum absolute atomic E-state index is 0.169. The Morgan fingerprint density at radius 1 is 1.62 bits per heavy atom. The van der Waals surface area contributed by atoms with E-state index < -0.39 is 0 Å². The molecular formula is C9H19N3O. The van der Waals surface area contributed by atoms with Crippen LogP contribution in [0.4, 0.5) is 0 Å². The first-order valence-corrected chi connectivity index (χ1v) is 4.95. The van der Waals surface area contributed by atoms with Crippen LogP contribution in [0.5, 0.6) is 0 Å². The second-order valence-electron chi connectivity index (χ2n) is 3.56. The average Bonchev–Trinajstić information content (AvgIpc) is 2.30. The van der Waals surface area contributed by atoms with E-state index >= 15 is 0 Å². The van der Waals surface area contributed by atoms with Gasteiger partial charge < -0.3 is 11.1 Å². The Hall–Kier alpha value is -0.610. The molecule has 0 bridgehead atoms. The second-order valence-corrected chi connectivity index (χ2v) is 3.56. The summed E-state index contributed by atoms with van der Waals surface area (Å²) in [5.74, 6) is 0.169. The molecule has 0 spiro atoms. The quantitative estimate of drug-likeness (QED) is 0.626. The van der Waals surface area contributed by atoms with Crippen LogP contribution in [0, 0.1) is 0 Å². The molecule has 4 nitrogen and oxygen atoms in total. The standard InChI is InChI=1S/C9H19N3O/c1-8(2-4-10)12-6-3-9(13)11-5-7-12/h8H,2-7,10H2,1H3,(H,11,13). The Morgan fingerprint density at radius 3 is 3.08 bits per heavy atom. The molecule has 1 unspecified atom stereocenters. The number of hydrogen-bond acceptors (Lipinski definition) is 3. The Labute approximate surface area is 79.5 Å². The largest absolute Gasteiger partial charge is 0.355 e. The highest BCUT2D eigenvalue weighted by Gasteiger charge is 2.17. The summed E-state index contributed by atoms with van der Waals surface area (Å²) in [6.45, 7) is 5.48. The second kappa shape index (κ2) is 5.19. The lowest BCUT2D eigenvalue weighted by Crippen LogP contribution is -2.37. The summed E-state index contributed by atoms with van der Waals surface area (Å²) in [7, 11) is 0. The van der Waals surface area contributed by atoms with E-state index in [2.05, 4.69) is 17.1 Å². The minimum Gasteiger partial charge on any atom is -0.355 e. The van der Waals surface area contributed by atoms with Crippen LogP contribution >= 0.6 is 0 Å². The van der Waals surface area contributed by atoms with Crippen molar-refractivity contribution in [2.24, 2.45) is 5.73 Å². The van der Waals surface area contributed by atoms with Crippen LogP contribution in [0.2, 0.25) is 0 Å². The fourth-order valence-electron chi connectivity index (χ4n) is 1.65. The maximum Gasteiger partial charge on any atom is 0.221 e. The molecule has 1 rings (SSSR count). The van der Waals surface area contributed by atoms with Gasteiger partial charge >= 0.3 is 0 Å². The number of hydrogen-bond donors (Lipinski definition) is 2. The predicted molar refractivity (Wildman–Crippen MR) is 52.3 cm³/mol. The van der Waals surface area contributed by atoms with E-state index in [0.717, 1.165) is 32.6 Å². The third kappa shape index (κ3) is 3.32. The van der Waals surface area contributed by atoms with Crippen molar-refractivity contribution in [3.05, 3.63) is 0 Å². The Morgan fingerprint density at radius 2 is 2.38 bits per heavy atom. The molecule has 4 heteroatoms. The van der Waals surface area contributed by atoms with Crippen LogP contribution in [0.25, 0.3) is 0 Å². The van der Waals surface area contributed by atoms with Gasteiger partial charge in [-0.2, -0.15) is 0 Å². The zero-order valence-electron chi connectivity index (χ0n) is 8.25. The molecule has 1 saturated heterocycles. The van der Waals surface area contributed by atoms with Gasteiger partial charge in [0.1, 0.15) is 0 Å². The minimum atomic E-state index is 0.169. The maximum absolute atomic E-state index is 11.0. The summed E-state index contributed by atoms with van der Waals surface area (Å²) in [6, 6.07) is 0.498. The molecule has 0 radical (unpaired) electrons. The highest BCUT2D eigenvalue weighted by molar-refractivity contribution is 5.76. The molecule has 76 valence electrons. The molecule has 0 aromatic rings. The molecule has 1 heterocycles. The Kier molecular flexibility index (Phi) is 4.18. The van der Waals surface area contributed by atoms with Gasteiger partial charge in [-0.15, -0.1) is 0 Å². The molecule has 1 amide bonds. The molecule has 3 N–H and O–H groups in total.